The zero-order valence-corrected chi connectivity index (χ0v) is 23.0. The number of nitrogens with zero attached hydrogens (tertiary/aromatic N) is 2. The minimum atomic E-state index is -0.605. The maximum atomic E-state index is 3.73. The van der Waals surface area contributed by atoms with E-state index in [1.807, 2.05) is 0 Å². The molecule has 0 amide bonds. The second-order valence-corrected chi connectivity index (χ2v) is 12.0. The topological polar surface area (TPSA) is 18.5 Å². The SMILES string of the molecule is Cc1cc(C)c(N2C=CN(CCNCc3ccccc3P(c3ccccc3)c3ccccc3)C2)c(C)c1. The molecule has 3 nitrogen and oxygen atoms in total. The Morgan fingerprint density at radius 2 is 1.32 bits per heavy atom. The summed E-state index contributed by atoms with van der Waals surface area (Å²) in [6, 6.07) is 35.4. The molecule has 0 spiro atoms. The van der Waals surface area contributed by atoms with Gasteiger partial charge in [-0.05, 0) is 61.3 Å². The van der Waals surface area contributed by atoms with Crippen molar-refractivity contribution < 1.29 is 0 Å². The van der Waals surface area contributed by atoms with Gasteiger partial charge in [-0.3, -0.25) is 0 Å². The van der Waals surface area contributed by atoms with E-state index in [2.05, 4.69) is 145 Å². The zero-order valence-electron chi connectivity index (χ0n) is 22.1. The fourth-order valence-corrected chi connectivity index (χ4v) is 7.76. The van der Waals surface area contributed by atoms with Crippen molar-refractivity contribution in [2.24, 2.45) is 0 Å². The summed E-state index contributed by atoms with van der Waals surface area (Å²) in [5.74, 6) is 0. The summed E-state index contributed by atoms with van der Waals surface area (Å²) in [5.41, 5.74) is 6.72. The molecule has 188 valence electrons. The molecule has 0 unspecified atom stereocenters. The number of aryl methyl sites for hydroxylation is 3. The second kappa shape index (κ2) is 11.8. The van der Waals surface area contributed by atoms with Gasteiger partial charge in [0.15, 0.2) is 0 Å². The Labute approximate surface area is 223 Å². The molecule has 0 saturated carbocycles. The fourth-order valence-electron chi connectivity index (χ4n) is 5.29. The van der Waals surface area contributed by atoms with Gasteiger partial charge in [-0.15, -0.1) is 0 Å². The highest BCUT2D eigenvalue weighted by atomic mass is 31.1. The van der Waals surface area contributed by atoms with Crippen molar-refractivity contribution >= 4 is 29.5 Å². The Bertz CT molecular complexity index is 1290. The molecule has 4 heteroatoms. The van der Waals surface area contributed by atoms with E-state index in [0.717, 1.165) is 26.3 Å². The van der Waals surface area contributed by atoms with E-state index in [-0.39, 0.29) is 0 Å². The maximum absolute atomic E-state index is 3.73. The monoisotopic (exact) mass is 505 g/mol. The standard InChI is InChI=1S/C33H36N3P/c1-26-22-27(2)33(28(3)23-26)36-21-20-35(25-36)19-18-34-24-29-12-10-11-17-32(29)37(30-13-6-4-7-14-30)31-15-8-5-9-16-31/h4-17,20-23,34H,18-19,24-25H2,1-3H3. The van der Waals surface area contributed by atoms with Gasteiger partial charge in [-0.2, -0.15) is 0 Å². The number of hydrogen-bond acceptors (Lipinski definition) is 3. The summed E-state index contributed by atoms with van der Waals surface area (Å²) in [4.78, 5) is 4.75. The smallest absolute Gasteiger partial charge is 0.0942 e. The van der Waals surface area contributed by atoms with E-state index in [4.69, 9.17) is 0 Å². The van der Waals surface area contributed by atoms with Crippen molar-refractivity contribution in [1.29, 1.82) is 0 Å². The van der Waals surface area contributed by atoms with E-state index < -0.39 is 7.92 Å². The lowest BCUT2D eigenvalue weighted by atomic mass is 10.0. The van der Waals surface area contributed by atoms with Gasteiger partial charge in [0, 0.05) is 37.7 Å². The molecule has 0 atom stereocenters. The quantitative estimate of drug-likeness (QED) is 0.232. The highest BCUT2D eigenvalue weighted by molar-refractivity contribution is 7.79. The Kier molecular flexibility index (Phi) is 8.04. The largest absolute Gasteiger partial charge is 0.357 e. The van der Waals surface area contributed by atoms with Gasteiger partial charge < -0.3 is 15.1 Å². The van der Waals surface area contributed by atoms with E-state index in [1.54, 1.807) is 0 Å². The van der Waals surface area contributed by atoms with Crippen LogP contribution in [0.15, 0.2) is 109 Å². The van der Waals surface area contributed by atoms with Gasteiger partial charge in [0.05, 0.1) is 6.67 Å². The predicted molar refractivity (Wildman–Crippen MR) is 161 cm³/mol. The number of benzene rings is 4. The van der Waals surface area contributed by atoms with Crippen molar-refractivity contribution in [3.05, 3.63) is 132 Å². The summed E-state index contributed by atoms with van der Waals surface area (Å²) >= 11 is 0. The van der Waals surface area contributed by atoms with Crippen LogP contribution in [0.4, 0.5) is 5.69 Å². The Morgan fingerprint density at radius 3 is 1.97 bits per heavy atom. The molecule has 0 aliphatic carbocycles. The second-order valence-electron chi connectivity index (χ2n) is 9.78. The summed E-state index contributed by atoms with van der Waals surface area (Å²) in [6.45, 7) is 10.3. The maximum Gasteiger partial charge on any atom is 0.0942 e. The van der Waals surface area contributed by atoms with E-state index in [1.165, 1.54) is 43.9 Å². The molecule has 1 aliphatic heterocycles. The van der Waals surface area contributed by atoms with Crippen LogP contribution in [0.5, 0.6) is 0 Å². The van der Waals surface area contributed by atoms with Crippen molar-refractivity contribution in [3.63, 3.8) is 0 Å². The third kappa shape index (κ3) is 5.96. The molecule has 5 rings (SSSR count). The van der Waals surface area contributed by atoms with E-state index in [0.29, 0.717) is 0 Å². The average molecular weight is 506 g/mol. The molecule has 0 bridgehead atoms. The summed E-state index contributed by atoms with van der Waals surface area (Å²) in [5, 5.41) is 7.94. The normalized spacial score (nSPS) is 13.1. The molecule has 1 aliphatic rings. The van der Waals surface area contributed by atoms with Crippen molar-refractivity contribution in [1.82, 2.24) is 10.2 Å². The molecule has 0 saturated heterocycles. The Morgan fingerprint density at radius 1 is 0.730 bits per heavy atom. The van der Waals surface area contributed by atoms with E-state index >= 15 is 0 Å². The number of rotatable bonds is 9. The molecular formula is C33H36N3P. The Balaban J connectivity index is 1.23. The molecule has 1 N–H and O–H groups in total. The lowest BCUT2D eigenvalue weighted by Gasteiger charge is -2.25. The van der Waals surface area contributed by atoms with Crippen LogP contribution < -0.4 is 26.1 Å². The summed E-state index contributed by atoms with van der Waals surface area (Å²) in [6.07, 6.45) is 4.44. The molecule has 4 aromatic rings. The number of nitrogens with one attached hydrogen (secondary N) is 1. The van der Waals surface area contributed by atoms with Crippen molar-refractivity contribution in [3.8, 4) is 0 Å². The first-order chi connectivity index (χ1) is 18.1. The van der Waals surface area contributed by atoms with Crippen LogP contribution in [-0.4, -0.2) is 24.7 Å². The number of hydrogen-bond donors (Lipinski definition) is 1. The molecule has 0 fully saturated rings. The highest BCUT2D eigenvalue weighted by Crippen LogP contribution is 2.34. The zero-order chi connectivity index (χ0) is 25.6. The van der Waals surface area contributed by atoms with Crippen LogP contribution in [0.25, 0.3) is 0 Å². The van der Waals surface area contributed by atoms with Crippen molar-refractivity contribution in [2.75, 3.05) is 24.7 Å². The minimum Gasteiger partial charge on any atom is -0.357 e. The predicted octanol–water partition coefficient (Wildman–Crippen LogP) is 5.71. The third-order valence-corrected chi connectivity index (χ3v) is 9.41. The molecule has 0 radical (unpaired) electrons. The van der Waals surface area contributed by atoms with Crippen LogP contribution in [-0.2, 0) is 6.54 Å². The van der Waals surface area contributed by atoms with Gasteiger partial charge in [-0.25, -0.2) is 0 Å². The molecule has 4 aromatic carbocycles. The van der Waals surface area contributed by atoms with Crippen LogP contribution in [0.2, 0.25) is 0 Å². The van der Waals surface area contributed by atoms with Gasteiger partial charge in [0.1, 0.15) is 0 Å². The molecule has 0 aromatic heterocycles. The molecule has 37 heavy (non-hydrogen) atoms. The van der Waals surface area contributed by atoms with Gasteiger partial charge in [-0.1, -0.05) is 103 Å². The fraction of sp³-hybridized carbons (Fsp3) is 0.212. The van der Waals surface area contributed by atoms with Crippen LogP contribution in [0.1, 0.15) is 22.3 Å². The first-order valence-electron chi connectivity index (χ1n) is 13.1. The van der Waals surface area contributed by atoms with Gasteiger partial charge >= 0.3 is 0 Å². The van der Waals surface area contributed by atoms with Gasteiger partial charge in [0.2, 0.25) is 0 Å². The lowest BCUT2D eigenvalue weighted by molar-refractivity contribution is 0.398. The van der Waals surface area contributed by atoms with E-state index in [9.17, 15) is 0 Å². The van der Waals surface area contributed by atoms with Crippen LogP contribution in [0.3, 0.4) is 0 Å². The summed E-state index contributed by atoms with van der Waals surface area (Å²) in [7, 11) is -0.605. The lowest BCUT2D eigenvalue weighted by Crippen LogP contribution is -2.33. The molecular weight excluding hydrogens is 469 g/mol. The third-order valence-electron chi connectivity index (χ3n) is 6.87. The van der Waals surface area contributed by atoms with Crippen LogP contribution >= 0.6 is 7.92 Å². The minimum absolute atomic E-state index is 0.605. The summed E-state index contributed by atoms with van der Waals surface area (Å²) < 4.78 is 0. The van der Waals surface area contributed by atoms with Crippen molar-refractivity contribution in [2.45, 2.75) is 27.3 Å². The van der Waals surface area contributed by atoms with Crippen LogP contribution in [0, 0.1) is 20.8 Å². The Hall–Kier alpha value is -3.39. The average Bonchev–Trinajstić information content (AvgIpc) is 3.36. The first kappa shape index (κ1) is 25.3. The number of anilines is 1. The first-order valence-corrected chi connectivity index (χ1v) is 14.4. The molecule has 1 heterocycles. The highest BCUT2D eigenvalue weighted by Gasteiger charge is 2.20. The van der Waals surface area contributed by atoms with Gasteiger partial charge in [0.25, 0.3) is 0 Å².